The first kappa shape index (κ1) is 21.1. The van der Waals surface area contributed by atoms with Crippen molar-refractivity contribution in [2.24, 2.45) is 7.05 Å². The number of hydrogen-bond donors (Lipinski definition) is 2. The number of nitrogens with one attached hydrogen (secondary N) is 2. The van der Waals surface area contributed by atoms with Crippen LogP contribution in [-0.2, 0) is 13.6 Å². The maximum absolute atomic E-state index is 12.7. The fraction of sp³-hybridized carbons (Fsp3) is 0.217. The van der Waals surface area contributed by atoms with Gasteiger partial charge in [-0.3, -0.25) is 9.78 Å². The van der Waals surface area contributed by atoms with Crippen molar-refractivity contribution < 1.29 is 4.79 Å². The van der Waals surface area contributed by atoms with Gasteiger partial charge in [-0.1, -0.05) is 12.1 Å². The molecule has 0 saturated carbocycles. The highest BCUT2D eigenvalue weighted by molar-refractivity contribution is 5.95. The van der Waals surface area contributed by atoms with Gasteiger partial charge in [0.15, 0.2) is 11.6 Å². The predicted octanol–water partition coefficient (Wildman–Crippen LogP) is 3.08. The van der Waals surface area contributed by atoms with Crippen molar-refractivity contribution in [2.75, 3.05) is 5.32 Å². The predicted molar refractivity (Wildman–Crippen MR) is 121 cm³/mol. The number of amides is 1. The molecule has 0 radical (unpaired) electrons. The Morgan fingerprint density at radius 2 is 1.97 bits per heavy atom. The highest BCUT2D eigenvalue weighted by Gasteiger charge is 2.14. The smallest absolute Gasteiger partial charge is 0.251 e. The van der Waals surface area contributed by atoms with Crippen molar-refractivity contribution in [1.29, 1.82) is 0 Å². The van der Waals surface area contributed by atoms with Gasteiger partial charge >= 0.3 is 0 Å². The molecular formula is C23H24N8O. The van der Waals surface area contributed by atoms with Crippen molar-refractivity contribution in [3.63, 3.8) is 0 Å². The van der Waals surface area contributed by atoms with Gasteiger partial charge in [-0.15, -0.1) is 10.2 Å². The minimum absolute atomic E-state index is 0.158. The first-order valence-electron chi connectivity index (χ1n) is 10.2. The number of pyridine rings is 1. The van der Waals surface area contributed by atoms with E-state index < -0.39 is 0 Å². The van der Waals surface area contributed by atoms with Crippen LogP contribution in [0.5, 0.6) is 0 Å². The van der Waals surface area contributed by atoms with E-state index in [1.165, 1.54) is 6.33 Å². The maximum atomic E-state index is 12.7. The van der Waals surface area contributed by atoms with Crippen LogP contribution in [0, 0.1) is 6.92 Å². The molecular weight excluding hydrogens is 404 g/mol. The van der Waals surface area contributed by atoms with E-state index in [-0.39, 0.29) is 11.9 Å². The van der Waals surface area contributed by atoms with E-state index in [1.54, 1.807) is 18.3 Å². The molecule has 0 aliphatic carbocycles. The first-order chi connectivity index (χ1) is 15.5. The second-order valence-corrected chi connectivity index (χ2v) is 7.43. The number of carbonyl (C=O) groups is 1. The molecule has 0 bridgehead atoms. The van der Waals surface area contributed by atoms with Gasteiger partial charge in [0.25, 0.3) is 5.91 Å². The summed E-state index contributed by atoms with van der Waals surface area (Å²) in [6.45, 7) is 4.30. The number of anilines is 1. The van der Waals surface area contributed by atoms with Crippen LogP contribution < -0.4 is 10.6 Å². The van der Waals surface area contributed by atoms with Crippen LogP contribution in [0.1, 0.15) is 40.5 Å². The van der Waals surface area contributed by atoms with Crippen molar-refractivity contribution in [3.05, 3.63) is 83.8 Å². The zero-order valence-electron chi connectivity index (χ0n) is 18.1. The molecule has 0 aliphatic rings. The molecule has 3 aromatic heterocycles. The van der Waals surface area contributed by atoms with Crippen molar-refractivity contribution in [1.82, 2.24) is 35.0 Å². The molecule has 1 amide bonds. The van der Waals surface area contributed by atoms with Crippen LogP contribution in [0.3, 0.4) is 0 Å². The number of benzene rings is 1. The fourth-order valence-electron chi connectivity index (χ4n) is 3.27. The van der Waals surface area contributed by atoms with E-state index in [0.717, 1.165) is 22.9 Å². The van der Waals surface area contributed by atoms with Crippen molar-refractivity contribution in [2.45, 2.75) is 26.4 Å². The Balaban J connectivity index is 1.41. The van der Waals surface area contributed by atoms with Crippen molar-refractivity contribution >= 4 is 11.6 Å². The third kappa shape index (κ3) is 4.77. The third-order valence-corrected chi connectivity index (χ3v) is 5.05. The van der Waals surface area contributed by atoms with Gasteiger partial charge in [0, 0.05) is 30.2 Å². The molecule has 9 nitrogen and oxygen atoms in total. The molecule has 0 aliphatic heterocycles. The summed E-state index contributed by atoms with van der Waals surface area (Å²) >= 11 is 0. The molecule has 0 saturated heterocycles. The molecule has 3 heterocycles. The number of rotatable bonds is 7. The Hall–Kier alpha value is -4.14. The average Bonchev–Trinajstić information content (AvgIpc) is 3.18. The lowest BCUT2D eigenvalue weighted by atomic mass is 10.1. The summed E-state index contributed by atoms with van der Waals surface area (Å²) in [5, 5.41) is 14.8. The summed E-state index contributed by atoms with van der Waals surface area (Å²) < 4.78 is 1.88. The summed E-state index contributed by atoms with van der Waals surface area (Å²) in [5.41, 5.74) is 3.83. The van der Waals surface area contributed by atoms with Crippen molar-refractivity contribution in [3.8, 4) is 11.5 Å². The molecule has 162 valence electrons. The maximum Gasteiger partial charge on any atom is 0.251 e. The Bertz CT molecular complexity index is 1220. The van der Waals surface area contributed by atoms with E-state index in [0.29, 0.717) is 23.6 Å². The number of carbonyl (C=O) groups excluding carboxylic acids is 1. The van der Waals surface area contributed by atoms with Gasteiger partial charge in [0.05, 0.1) is 18.3 Å². The minimum Gasteiger partial charge on any atom is -0.378 e. The minimum atomic E-state index is -0.196. The van der Waals surface area contributed by atoms with Gasteiger partial charge in [-0.2, -0.15) is 0 Å². The lowest BCUT2D eigenvalue weighted by molar-refractivity contribution is 0.0939. The van der Waals surface area contributed by atoms with Crippen LogP contribution in [0.4, 0.5) is 5.69 Å². The zero-order chi connectivity index (χ0) is 22.5. The lowest BCUT2D eigenvalue weighted by Crippen LogP contribution is -2.27. The van der Waals surface area contributed by atoms with E-state index in [1.807, 2.05) is 61.9 Å². The average molecular weight is 429 g/mol. The number of aromatic nitrogens is 6. The van der Waals surface area contributed by atoms with Gasteiger partial charge in [-0.25, -0.2) is 9.97 Å². The fourth-order valence-corrected chi connectivity index (χ4v) is 3.27. The second kappa shape index (κ2) is 9.34. The summed E-state index contributed by atoms with van der Waals surface area (Å²) in [4.78, 5) is 25.4. The number of aryl methyl sites for hydroxylation is 1. The van der Waals surface area contributed by atoms with Gasteiger partial charge < -0.3 is 15.2 Å². The monoisotopic (exact) mass is 428 g/mol. The standard InChI is InChI=1S/C23H24N8O/c1-15-6-4-9-19(27-15)16(2)28-23(32)17-7-5-8-18(12-17)25-13-21-29-30-22(31(21)3)20-10-11-24-14-26-20/h4-12,14,16,25H,13H2,1-3H3,(H,28,32)/t16-/m0/s1. The molecule has 4 rings (SSSR count). The highest BCUT2D eigenvalue weighted by atomic mass is 16.1. The Kier molecular flexibility index (Phi) is 6.16. The molecule has 0 fully saturated rings. The van der Waals surface area contributed by atoms with E-state index in [4.69, 9.17) is 0 Å². The van der Waals surface area contributed by atoms with Crippen LogP contribution in [0.15, 0.2) is 61.1 Å². The summed E-state index contributed by atoms with van der Waals surface area (Å²) in [5.74, 6) is 1.25. The summed E-state index contributed by atoms with van der Waals surface area (Å²) in [7, 11) is 1.89. The zero-order valence-corrected chi connectivity index (χ0v) is 18.1. The molecule has 0 unspecified atom stereocenters. The SMILES string of the molecule is Cc1cccc([C@H](C)NC(=O)c2cccc(NCc3nnc(-c4ccncn4)n3C)c2)n1. The highest BCUT2D eigenvalue weighted by Crippen LogP contribution is 2.17. The van der Waals surface area contributed by atoms with Crippen LogP contribution >= 0.6 is 0 Å². The largest absolute Gasteiger partial charge is 0.378 e. The first-order valence-corrected chi connectivity index (χ1v) is 10.2. The third-order valence-electron chi connectivity index (χ3n) is 5.05. The summed E-state index contributed by atoms with van der Waals surface area (Å²) in [6, 6.07) is 14.7. The van der Waals surface area contributed by atoms with Crippen LogP contribution in [-0.4, -0.2) is 35.6 Å². The van der Waals surface area contributed by atoms with E-state index in [9.17, 15) is 4.79 Å². The molecule has 0 spiro atoms. The van der Waals surface area contributed by atoms with E-state index in [2.05, 4.69) is 35.8 Å². The molecule has 1 aromatic carbocycles. The molecule has 2 N–H and O–H groups in total. The number of nitrogens with zero attached hydrogens (tertiary/aromatic N) is 6. The molecule has 32 heavy (non-hydrogen) atoms. The van der Waals surface area contributed by atoms with Gasteiger partial charge in [0.2, 0.25) is 0 Å². The number of hydrogen-bond acceptors (Lipinski definition) is 7. The van der Waals surface area contributed by atoms with Gasteiger partial charge in [0.1, 0.15) is 12.0 Å². The Labute approximate surface area is 186 Å². The molecule has 9 heteroatoms. The van der Waals surface area contributed by atoms with Crippen LogP contribution in [0.2, 0.25) is 0 Å². The normalized spacial score (nSPS) is 11.7. The quantitative estimate of drug-likeness (QED) is 0.465. The topological polar surface area (TPSA) is 111 Å². The molecule has 1 atom stereocenters. The molecule has 4 aromatic rings. The van der Waals surface area contributed by atoms with E-state index >= 15 is 0 Å². The lowest BCUT2D eigenvalue weighted by Gasteiger charge is -2.14. The Morgan fingerprint density at radius 1 is 1.12 bits per heavy atom. The summed E-state index contributed by atoms with van der Waals surface area (Å²) in [6.07, 6.45) is 3.15. The second-order valence-electron chi connectivity index (χ2n) is 7.43. The van der Waals surface area contributed by atoms with Gasteiger partial charge in [-0.05, 0) is 50.2 Å². The van der Waals surface area contributed by atoms with Crippen LogP contribution in [0.25, 0.3) is 11.5 Å². The Morgan fingerprint density at radius 3 is 2.75 bits per heavy atom.